The van der Waals surface area contributed by atoms with Gasteiger partial charge in [-0.25, -0.2) is 4.98 Å². The van der Waals surface area contributed by atoms with Gasteiger partial charge in [0.15, 0.2) is 0 Å². The molecule has 13 heavy (non-hydrogen) atoms. The van der Waals surface area contributed by atoms with Crippen LogP contribution in [0.3, 0.4) is 0 Å². The van der Waals surface area contributed by atoms with Gasteiger partial charge in [0.1, 0.15) is 11.3 Å². The van der Waals surface area contributed by atoms with Crippen molar-refractivity contribution in [2.75, 3.05) is 0 Å². The minimum absolute atomic E-state index is 0.0441. The predicted octanol–water partition coefficient (Wildman–Crippen LogP) is 0.988. The molecule has 2 aromatic heterocycles. The fourth-order valence-corrected chi connectivity index (χ4v) is 1.48. The molecule has 4 heteroatoms. The number of hydrogen-bond acceptors (Lipinski definition) is 3. The van der Waals surface area contributed by atoms with E-state index in [1.807, 2.05) is 24.6 Å². The number of imidazole rings is 1. The summed E-state index contributed by atoms with van der Waals surface area (Å²) in [5.41, 5.74) is 7.75. The van der Waals surface area contributed by atoms with Crippen LogP contribution in [0.1, 0.15) is 18.8 Å². The number of pyridine rings is 1. The summed E-state index contributed by atoms with van der Waals surface area (Å²) < 4.78 is 2.00. The van der Waals surface area contributed by atoms with Crippen molar-refractivity contribution in [1.82, 2.24) is 14.5 Å². The first-order chi connectivity index (χ1) is 6.20. The number of nitrogens with zero attached hydrogens (tertiary/aromatic N) is 3. The Bertz CT molecular complexity index is 430. The average Bonchev–Trinajstić information content (AvgIpc) is 2.45. The van der Waals surface area contributed by atoms with Gasteiger partial charge in [-0.1, -0.05) is 0 Å². The van der Waals surface area contributed by atoms with Crippen LogP contribution in [0, 0.1) is 0 Å². The van der Waals surface area contributed by atoms with Gasteiger partial charge in [0.25, 0.3) is 0 Å². The first-order valence-corrected chi connectivity index (χ1v) is 4.22. The summed E-state index contributed by atoms with van der Waals surface area (Å²) in [6, 6.07) is 1.89. The first kappa shape index (κ1) is 8.19. The standard InChI is InChI=1S/C9H12N4/c1-6(10)9-12-7-5-11-4-3-8(7)13(9)2/h3-6H,10H2,1-2H3/t6-/m0/s1. The van der Waals surface area contributed by atoms with Crippen LogP contribution in [0.15, 0.2) is 18.5 Å². The number of hydrogen-bond donors (Lipinski definition) is 1. The lowest BCUT2D eigenvalue weighted by molar-refractivity contribution is 0.696. The largest absolute Gasteiger partial charge is 0.330 e. The highest BCUT2D eigenvalue weighted by Crippen LogP contribution is 2.16. The number of rotatable bonds is 1. The molecule has 0 aromatic carbocycles. The monoisotopic (exact) mass is 176 g/mol. The molecule has 4 nitrogen and oxygen atoms in total. The number of aromatic nitrogens is 3. The molecule has 0 radical (unpaired) electrons. The smallest absolute Gasteiger partial charge is 0.126 e. The number of nitrogens with two attached hydrogens (primary N) is 1. The van der Waals surface area contributed by atoms with E-state index in [4.69, 9.17) is 5.73 Å². The Balaban J connectivity index is 2.74. The van der Waals surface area contributed by atoms with Gasteiger partial charge < -0.3 is 10.3 Å². The second kappa shape index (κ2) is 2.81. The van der Waals surface area contributed by atoms with E-state index in [-0.39, 0.29) is 6.04 Å². The third kappa shape index (κ3) is 1.19. The van der Waals surface area contributed by atoms with E-state index in [2.05, 4.69) is 9.97 Å². The molecular weight excluding hydrogens is 164 g/mol. The zero-order valence-corrected chi connectivity index (χ0v) is 7.73. The minimum atomic E-state index is -0.0441. The molecule has 0 aliphatic heterocycles. The van der Waals surface area contributed by atoms with E-state index >= 15 is 0 Å². The highest BCUT2D eigenvalue weighted by molar-refractivity contribution is 5.74. The van der Waals surface area contributed by atoms with E-state index in [9.17, 15) is 0 Å². The molecule has 0 saturated heterocycles. The topological polar surface area (TPSA) is 56.7 Å². The van der Waals surface area contributed by atoms with E-state index in [0.29, 0.717) is 0 Å². The third-order valence-electron chi connectivity index (χ3n) is 2.12. The summed E-state index contributed by atoms with van der Waals surface area (Å²) in [5.74, 6) is 0.892. The Labute approximate surface area is 76.4 Å². The molecule has 0 aliphatic carbocycles. The van der Waals surface area contributed by atoms with Crippen LogP contribution in [-0.2, 0) is 7.05 Å². The van der Waals surface area contributed by atoms with Gasteiger partial charge in [-0.15, -0.1) is 0 Å². The van der Waals surface area contributed by atoms with E-state index in [1.165, 1.54) is 0 Å². The van der Waals surface area contributed by atoms with E-state index < -0.39 is 0 Å². The summed E-state index contributed by atoms with van der Waals surface area (Å²) in [5, 5.41) is 0. The average molecular weight is 176 g/mol. The highest BCUT2D eigenvalue weighted by atomic mass is 15.1. The van der Waals surface area contributed by atoms with Crippen LogP contribution >= 0.6 is 0 Å². The maximum Gasteiger partial charge on any atom is 0.126 e. The fraction of sp³-hybridized carbons (Fsp3) is 0.333. The first-order valence-electron chi connectivity index (χ1n) is 4.22. The van der Waals surface area contributed by atoms with Gasteiger partial charge in [0, 0.05) is 13.2 Å². The van der Waals surface area contributed by atoms with Crippen LogP contribution in [0.4, 0.5) is 0 Å². The summed E-state index contributed by atoms with van der Waals surface area (Å²) in [4.78, 5) is 8.40. The van der Waals surface area contributed by atoms with Crippen molar-refractivity contribution >= 4 is 11.0 Å². The number of aryl methyl sites for hydroxylation is 1. The van der Waals surface area contributed by atoms with Crippen LogP contribution in [-0.4, -0.2) is 14.5 Å². The van der Waals surface area contributed by atoms with Crippen molar-refractivity contribution in [3.05, 3.63) is 24.3 Å². The van der Waals surface area contributed by atoms with Gasteiger partial charge in [-0.2, -0.15) is 0 Å². The van der Waals surface area contributed by atoms with Crippen molar-refractivity contribution in [3.63, 3.8) is 0 Å². The summed E-state index contributed by atoms with van der Waals surface area (Å²) in [7, 11) is 1.97. The Morgan fingerprint density at radius 1 is 1.54 bits per heavy atom. The van der Waals surface area contributed by atoms with Crippen molar-refractivity contribution in [2.45, 2.75) is 13.0 Å². The molecule has 0 spiro atoms. The summed E-state index contributed by atoms with van der Waals surface area (Å²) >= 11 is 0. The lowest BCUT2D eigenvalue weighted by Gasteiger charge is -2.04. The minimum Gasteiger partial charge on any atom is -0.330 e. The van der Waals surface area contributed by atoms with Crippen LogP contribution in [0.5, 0.6) is 0 Å². The fourth-order valence-electron chi connectivity index (χ4n) is 1.48. The normalized spacial score (nSPS) is 13.5. The van der Waals surface area contributed by atoms with Gasteiger partial charge in [-0.05, 0) is 13.0 Å². The van der Waals surface area contributed by atoms with Crippen molar-refractivity contribution < 1.29 is 0 Å². The molecule has 2 aromatic rings. The Morgan fingerprint density at radius 2 is 2.31 bits per heavy atom. The van der Waals surface area contributed by atoms with Gasteiger partial charge in [-0.3, -0.25) is 4.98 Å². The second-order valence-electron chi connectivity index (χ2n) is 3.18. The summed E-state index contributed by atoms with van der Waals surface area (Å²) in [6.45, 7) is 1.93. The highest BCUT2D eigenvalue weighted by Gasteiger charge is 2.09. The van der Waals surface area contributed by atoms with Gasteiger partial charge in [0.05, 0.1) is 17.8 Å². The van der Waals surface area contributed by atoms with Gasteiger partial charge >= 0.3 is 0 Å². The quantitative estimate of drug-likeness (QED) is 0.704. The number of fused-ring (bicyclic) bond motifs is 1. The molecule has 0 aliphatic rings. The third-order valence-corrected chi connectivity index (χ3v) is 2.12. The summed E-state index contributed by atoms with van der Waals surface area (Å²) in [6.07, 6.45) is 3.51. The van der Waals surface area contributed by atoms with E-state index in [0.717, 1.165) is 16.9 Å². The molecule has 0 amide bonds. The molecule has 1 atom stereocenters. The molecule has 68 valence electrons. The predicted molar refractivity (Wildman–Crippen MR) is 51.1 cm³/mol. The Hall–Kier alpha value is -1.42. The van der Waals surface area contributed by atoms with Crippen LogP contribution in [0.2, 0.25) is 0 Å². The molecule has 2 heterocycles. The molecule has 2 N–H and O–H groups in total. The molecule has 0 fully saturated rings. The second-order valence-corrected chi connectivity index (χ2v) is 3.18. The lowest BCUT2D eigenvalue weighted by atomic mass is 10.3. The van der Waals surface area contributed by atoms with Crippen molar-refractivity contribution in [1.29, 1.82) is 0 Å². The zero-order valence-electron chi connectivity index (χ0n) is 7.73. The maximum absolute atomic E-state index is 5.77. The SMILES string of the molecule is C[C@H](N)c1nc2cnccc2n1C. The van der Waals surface area contributed by atoms with Crippen molar-refractivity contribution in [2.24, 2.45) is 12.8 Å². The molecule has 0 bridgehead atoms. The molecular formula is C9H12N4. The van der Waals surface area contributed by atoms with Gasteiger partial charge in [0.2, 0.25) is 0 Å². The van der Waals surface area contributed by atoms with Crippen molar-refractivity contribution in [3.8, 4) is 0 Å². The molecule has 0 unspecified atom stereocenters. The Kier molecular flexibility index (Phi) is 1.77. The zero-order chi connectivity index (χ0) is 9.42. The van der Waals surface area contributed by atoms with Crippen LogP contribution < -0.4 is 5.73 Å². The maximum atomic E-state index is 5.77. The lowest BCUT2D eigenvalue weighted by Crippen LogP contribution is -2.11. The van der Waals surface area contributed by atoms with E-state index in [1.54, 1.807) is 12.4 Å². The molecule has 2 rings (SSSR count). The van der Waals surface area contributed by atoms with Crippen LogP contribution in [0.25, 0.3) is 11.0 Å². The Morgan fingerprint density at radius 3 is 2.92 bits per heavy atom. The molecule has 0 saturated carbocycles.